The van der Waals surface area contributed by atoms with Crippen LogP contribution in [0.1, 0.15) is 20.3 Å². The number of anilines is 1. The van der Waals surface area contributed by atoms with Gasteiger partial charge in [-0.25, -0.2) is 15.0 Å². The van der Waals surface area contributed by atoms with Gasteiger partial charge in [0.25, 0.3) is 0 Å². The van der Waals surface area contributed by atoms with Crippen LogP contribution in [0.15, 0.2) is 35.5 Å². The van der Waals surface area contributed by atoms with E-state index in [1.807, 2.05) is 31.1 Å². The molecular weight excluding hydrogens is 445 g/mol. The van der Waals surface area contributed by atoms with Gasteiger partial charge in [-0.15, -0.1) is 0 Å². The van der Waals surface area contributed by atoms with Crippen molar-refractivity contribution in [2.75, 3.05) is 45.6 Å². The van der Waals surface area contributed by atoms with Gasteiger partial charge in [-0.05, 0) is 44.3 Å². The lowest BCUT2D eigenvalue weighted by Gasteiger charge is -2.17. The largest absolute Gasteiger partial charge is 0.369 e. The minimum Gasteiger partial charge on any atom is -0.369 e. The molecule has 3 rings (SSSR count). The van der Waals surface area contributed by atoms with Crippen molar-refractivity contribution in [3.63, 3.8) is 0 Å². The van der Waals surface area contributed by atoms with E-state index in [0.29, 0.717) is 33.0 Å². The maximum Gasteiger partial charge on any atom is 0.224 e. The molecule has 0 saturated carbocycles. The number of pyridine rings is 1. The van der Waals surface area contributed by atoms with Crippen LogP contribution in [0.25, 0.3) is 22.2 Å². The number of nitrogens with one attached hydrogen (secondary N) is 1. The van der Waals surface area contributed by atoms with Gasteiger partial charge in [0.15, 0.2) is 11.5 Å². The van der Waals surface area contributed by atoms with E-state index < -0.39 is 0 Å². The SMILES string of the molecule is CCN(CC)CCCNc1ncc2cc(-c3c(Cl)cccc3Cl)c(/N=C\N(C)C)nc2n1. The van der Waals surface area contributed by atoms with Gasteiger partial charge < -0.3 is 15.1 Å². The van der Waals surface area contributed by atoms with Crippen molar-refractivity contribution in [2.45, 2.75) is 20.3 Å². The predicted octanol–water partition coefficient (Wildman–Crippen LogP) is 5.36. The fraction of sp³-hybridized carbons (Fsp3) is 0.391. The number of aliphatic imine (C=N–C) groups is 1. The zero-order valence-electron chi connectivity index (χ0n) is 18.9. The zero-order chi connectivity index (χ0) is 23.1. The van der Waals surface area contributed by atoms with Crippen molar-refractivity contribution < 1.29 is 0 Å². The van der Waals surface area contributed by atoms with Gasteiger partial charge in [-0.2, -0.15) is 4.98 Å². The Balaban J connectivity index is 1.93. The number of rotatable bonds is 10. The third-order valence-corrected chi connectivity index (χ3v) is 5.65. The quantitative estimate of drug-likeness (QED) is 0.242. The lowest BCUT2D eigenvalue weighted by molar-refractivity contribution is 0.303. The van der Waals surface area contributed by atoms with E-state index in [-0.39, 0.29) is 0 Å². The van der Waals surface area contributed by atoms with Crippen molar-refractivity contribution in [3.05, 3.63) is 40.5 Å². The van der Waals surface area contributed by atoms with Crippen molar-refractivity contribution in [1.82, 2.24) is 24.8 Å². The van der Waals surface area contributed by atoms with Crippen LogP contribution in [0.5, 0.6) is 0 Å². The van der Waals surface area contributed by atoms with Crippen LogP contribution in [-0.2, 0) is 0 Å². The number of benzene rings is 1. The van der Waals surface area contributed by atoms with E-state index in [2.05, 4.69) is 39.0 Å². The maximum atomic E-state index is 6.47. The highest BCUT2D eigenvalue weighted by Crippen LogP contribution is 2.40. The fourth-order valence-electron chi connectivity index (χ4n) is 3.29. The molecule has 170 valence electrons. The average molecular weight is 474 g/mol. The van der Waals surface area contributed by atoms with Gasteiger partial charge in [0.05, 0.1) is 16.4 Å². The monoisotopic (exact) mass is 473 g/mol. The Bertz CT molecular complexity index is 1060. The summed E-state index contributed by atoms with van der Waals surface area (Å²) in [5.74, 6) is 1.04. The zero-order valence-corrected chi connectivity index (χ0v) is 20.5. The number of nitrogens with zero attached hydrogens (tertiary/aromatic N) is 6. The molecule has 1 aromatic carbocycles. The van der Waals surface area contributed by atoms with Gasteiger partial charge in [0.2, 0.25) is 5.95 Å². The van der Waals surface area contributed by atoms with E-state index in [9.17, 15) is 0 Å². The van der Waals surface area contributed by atoms with Gasteiger partial charge in [-0.1, -0.05) is 43.1 Å². The van der Waals surface area contributed by atoms with Crippen molar-refractivity contribution in [2.24, 2.45) is 4.99 Å². The standard InChI is InChI=1S/C23H29Cl2N7/c1-5-32(6-2)12-8-11-26-23-27-14-16-13-17(20-18(24)9-7-10-19(20)25)22(28-15-31(3)4)29-21(16)30-23/h7,9-10,13-15H,5-6,8,11-12H2,1-4H3,(H,26,27,29,30)/b28-15-. The van der Waals surface area contributed by atoms with Crippen molar-refractivity contribution in [3.8, 4) is 11.1 Å². The third kappa shape index (κ3) is 6.06. The van der Waals surface area contributed by atoms with Gasteiger partial charge in [0, 0.05) is 43.4 Å². The predicted molar refractivity (Wildman–Crippen MR) is 136 cm³/mol. The smallest absolute Gasteiger partial charge is 0.224 e. The van der Waals surface area contributed by atoms with Crippen LogP contribution in [-0.4, -0.2) is 71.4 Å². The van der Waals surface area contributed by atoms with E-state index in [0.717, 1.165) is 43.5 Å². The lowest BCUT2D eigenvalue weighted by Crippen LogP contribution is -2.25. The highest BCUT2D eigenvalue weighted by molar-refractivity contribution is 6.39. The summed E-state index contributed by atoms with van der Waals surface area (Å²) in [6.45, 7) is 8.30. The van der Waals surface area contributed by atoms with Crippen LogP contribution in [0, 0.1) is 0 Å². The number of hydrogen-bond acceptors (Lipinski definition) is 6. The van der Waals surface area contributed by atoms with Crippen LogP contribution in [0.2, 0.25) is 10.0 Å². The highest BCUT2D eigenvalue weighted by Gasteiger charge is 2.16. The third-order valence-electron chi connectivity index (χ3n) is 5.02. The first-order chi connectivity index (χ1) is 15.4. The summed E-state index contributed by atoms with van der Waals surface area (Å²) >= 11 is 12.9. The second kappa shape index (κ2) is 11.4. The lowest BCUT2D eigenvalue weighted by atomic mass is 10.1. The minimum atomic E-state index is 0.493. The number of halogens is 2. The summed E-state index contributed by atoms with van der Waals surface area (Å²) < 4.78 is 0. The molecule has 32 heavy (non-hydrogen) atoms. The Kier molecular flexibility index (Phi) is 8.61. The molecule has 0 radical (unpaired) electrons. The molecule has 1 N–H and O–H groups in total. The van der Waals surface area contributed by atoms with Crippen molar-refractivity contribution >= 4 is 52.3 Å². The molecule has 0 aliphatic rings. The Hall–Kier alpha value is -2.48. The normalized spacial score (nSPS) is 11.6. The first-order valence-corrected chi connectivity index (χ1v) is 11.5. The van der Waals surface area contributed by atoms with Crippen LogP contribution >= 0.6 is 23.2 Å². The molecule has 0 fully saturated rings. The van der Waals surface area contributed by atoms with Gasteiger partial charge >= 0.3 is 0 Å². The van der Waals surface area contributed by atoms with Gasteiger partial charge in [-0.3, -0.25) is 0 Å². The van der Waals surface area contributed by atoms with Crippen LogP contribution in [0.3, 0.4) is 0 Å². The van der Waals surface area contributed by atoms with Crippen molar-refractivity contribution in [1.29, 1.82) is 0 Å². The molecule has 0 amide bonds. The topological polar surface area (TPSA) is 69.5 Å². The highest BCUT2D eigenvalue weighted by atomic mass is 35.5. The second-order valence-corrected chi connectivity index (χ2v) is 8.39. The molecule has 0 aliphatic heterocycles. The summed E-state index contributed by atoms with van der Waals surface area (Å²) in [5.41, 5.74) is 1.98. The molecule has 2 heterocycles. The molecule has 7 nitrogen and oxygen atoms in total. The summed E-state index contributed by atoms with van der Waals surface area (Å²) in [5, 5.41) is 5.15. The first-order valence-electron chi connectivity index (χ1n) is 10.7. The van der Waals surface area contributed by atoms with E-state index in [1.54, 1.807) is 24.7 Å². The molecule has 0 unspecified atom stereocenters. The molecule has 0 bridgehead atoms. The number of hydrogen-bond donors (Lipinski definition) is 1. The minimum absolute atomic E-state index is 0.493. The van der Waals surface area contributed by atoms with E-state index >= 15 is 0 Å². The summed E-state index contributed by atoms with van der Waals surface area (Å²) in [6, 6.07) is 7.34. The average Bonchev–Trinajstić information content (AvgIpc) is 2.77. The second-order valence-electron chi connectivity index (χ2n) is 7.58. The molecular formula is C23H29Cl2N7. The van der Waals surface area contributed by atoms with Gasteiger partial charge in [0.1, 0.15) is 0 Å². The fourth-order valence-corrected chi connectivity index (χ4v) is 3.89. The number of fused-ring (bicyclic) bond motifs is 1. The van der Waals surface area contributed by atoms with Crippen LogP contribution < -0.4 is 5.32 Å². The Labute approximate surface area is 199 Å². The summed E-state index contributed by atoms with van der Waals surface area (Å²) in [4.78, 5) is 22.5. The molecule has 0 spiro atoms. The van der Waals surface area contributed by atoms with E-state index in [1.165, 1.54) is 0 Å². The molecule has 0 saturated heterocycles. The molecule has 9 heteroatoms. The molecule has 3 aromatic rings. The Morgan fingerprint density at radius 1 is 1.09 bits per heavy atom. The van der Waals surface area contributed by atoms with E-state index in [4.69, 9.17) is 28.2 Å². The molecule has 0 aliphatic carbocycles. The Morgan fingerprint density at radius 3 is 2.47 bits per heavy atom. The number of aromatic nitrogens is 3. The summed E-state index contributed by atoms with van der Waals surface area (Å²) in [7, 11) is 3.80. The Morgan fingerprint density at radius 2 is 1.81 bits per heavy atom. The molecule has 0 atom stereocenters. The molecule has 2 aromatic heterocycles. The maximum absolute atomic E-state index is 6.47. The summed E-state index contributed by atoms with van der Waals surface area (Å²) in [6.07, 6.45) is 4.46. The van der Waals surface area contributed by atoms with Crippen LogP contribution in [0.4, 0.5) is 11.8 Å². The first kappa shape index (κ1) is 24.2.